The molecule has 0 bridgehead atoms. The van der Waals surface area contributed by atoms with Gasteiger partial charge in [0.05, 0.1) is 13.2 Å². The van der Waals surface area contributed by atoms with E-state index in [1.807, 2.05) is 13.0 Å². The molecule has 0 amide bonds. The van der Waals surface area contributed by atoms with Gasteiger partial charge in [0.2, 0.25) is 6.79 Å². The third kappa shape index (κ3) is 4.92. The van der Waals surface area contributed by atoms with E-state index in [1.54, 1.807) is 7.11 Å². The Hall–Kier alpha value is -1.26. The highest BCUT2D eigenvalue weighted by Gasteiger charge is 2.35. The van der Waals surface area contributed by atoms with Gasteiger partial charge >= 0.3 is 0 Å². The average molecular weight is 477 g/mol. The molecule has 1 atom stereocenters. The maximum atomic E-state index is 6.06. The zero-order valence-corrected chi connectivity index (χ0v) is 17.7. The Kier molecular flexibility index (Phi) is 7.78. The molecule has 0 spiro atoms. The van der Waals surface area contributed by atoms with Gasteiger partial charge in [-0.25, -0.2) is 0 Å². The van der Waals surface area contributed by atoms with Crippen molar-refractivity contribution in [3.63, 3.8) is 0 Å². The topological polar surface area (TPSA) is 87.3 Å². The summed E-state index contributed by atoms with van der Waals surface area (Å²) in [6.45, 7) is 4.91. The Morgan fingerprint density at radius 1 is 1.31 bits per heavy atom. The van der Waals surface area contributed by atoms with Crippen molar-refractivity contribution in [2.24, 2.45) is 10.7 Å². The molecule has 1 unspecified atom stereocenters. The van der Waals surface area contributed by atoms with E-state index in [2.05, 4.69) is 22.4 Å². The van der Waals surface area contributed by atoms with Crippen molar-refractivity contribution in [1.29, 1.82) is 0 Å². The summed E-state index contributed by atoms with van der Waals surface area (Å²) in [4.78, 5) is 4.61. The summed E-state index contributed by atoms with van der Waals surface area (Å²) >= 11 is 0. The van der Waals surface area contributed by atoms with Crippen LogP contribution in [0.25, 0.3) is 0 Å². The predicted octanol–water partition coefficient (Wildman–Crippen LogP) is 2.02. The minimum atomic E-state index is -0.101. The first-order valence-electron chi connectivity index (χ1n) is 8.66. The van der Waals surface area contributed by atoms with Gasteiger partial charge in [0, 0.05) is 31.8 Å². The lowest BCUT2D eigenvalue weighted by atomic mass is 9.74. The highest BCUT2D eigenvalue weighted by Crippen LogP contribution is 2.41. The molecule has 3 rings (SSSR count). The molecule has 8 heteroatoms. The Bertz CT molecular complexity index is 620. The zero-order valence-electron chi connectivity index (χ0n) is 15.3. The van der Waals surface area contributed by atoms with Gasteiger partial charge in [0.25, 0.3) is 0 Å². The number of methoxy groups -OCH3 is 1. The Morgan fingerprint density at radius 2 is 2.04 bits per heavy atom. The summed E-state index contributed by atoms with van der Waals surface area (Å²) in [5.41, 5.74) is 7.15. The van der Waals surface area contributed by atoms with Crippen LogP contribution in [0.2, 0.25) is 0 Å². The van der Waals surface area contributed by atoms with Gasteiger partial charge in [-0.05, 0) is 37.5 Å². The number of nitrogens with two attached hydrogens (primary N) is 1. The summed E-state index contributed by atoms with van der Waals surface area (Å²) in [6, 6.07) is 6.26. The normalized spacial score (nSPS) is 19.5. The number of aliphatic imine (C=N–C) groups is 1. The second kappa shape index (κ2) is 9.61. The number of ether oxygens (including phenoxy) is 4. The maximum Gasteiger partial charge on any atom is 0.231 e. The van der Waals surface area contributed by atoms with Gasteiger partial charge in [-0.15, -0.1) is 24.0 Å². The first-order valence-corrected chi connectivity index (χ1v) is 8.66. The Labute approximate surface area is 171 Å². The van der Waals surface area contributed by atoms with Crippen molar-refractivity contribution in [2.75, 3.05) is 40.3 Å². The van der Waals surface area contributed by atoms with Gasteiger partial charge in [0.15, 0.2) is 17.5 Å². The van der Waals surface area contributed by atoms with Crippen LogP contribution in [-0.4, -0.2) is 52.3 Å². The van der Waals surface area contributed by atoms with Crippen molar-refractivity contribution >= 4 is 29.9 Å². The van der Waals surface area contributed by atoms with E-state index < -0.39 is 0 Å². The molecular weight excluding hydrogens is 449 g/mol. The van der Waals surface area contributed by atoms with Crippen LogP contribution in [0, 0.1) is 0 Å². The van der Waals surface area contributed by atoms with Crippen molar-refractivity contribution in [3.05, 3.63) is 23.8 Å². The van der Waals surface area contributed by atoms with Crippen LogP contribution in [0.4, 0.5) is 0 Å². The molecule has 7 nitrogen and oxygen atoms in total. The summed E-state index contributed by atoms with van der Waals surface area (Å²) in [5, 5.41) is 3.16. The molecule has 3 N–H and O–H groups in total. The molecule has 0 saturated carbocycles. The number of nitrogens with zero attached hydrogens (tertiary/aromatic N) is 1. The number of fused-ring (bicyclic) bond motifs is 1. The summed E-state index contributed by atoms with van der Waals surface area (Å²) < 4.78 is 21.7. The van der Waals surface area contributed by atoms with Crippen LogP contribution < -0.4 is 20.5 Å². The summed E-state index contributed by atoms with van der Waals surface area (Å²) in [6.07, 6.45) is 1.80. The van der Waals surface area contributed by atoms with Crippen molar-refractivity contribution in [1.82, 2.24) is 5.32 Å². The molecule has 1 fully saturated rings. The van der Waals surface area contributed by atoms with E-state index in [-0.39, 0.29) is 42.2 Å². The smallest absolute Gasteiger partial charge is 0.231 e. The molecule has 0 aliphatic carbocycles. The number of benzene rings is 1. The van der Waals surface area contributed by atoms with Crippen LogP contribution in [0.15, 0.2) is 23.2 Å². The van der Waals surface area contributed by atoms with Gasteiger partial charge < -0.3 is 30.0 Å². The lowest BCUT2D eigenvalue weighted by molar-refractivity contribution is 0.0530. The molecule has 1 aromatic rings. The predicted molar refractivity (Wildman–Crippen MR) is 111 cm³/mol. The van der Waals surface area contributed by atoms with E-state index in [4.69, 9.17) is 24.7 Å². The van der Waals surface area contributed by atoms with Gasteiger partial charge in [-0.3, -0.25) is 4.99 Å². The lowest BCUT2D eigenvalue weighted by Gasteiger charge is -2.36. The van der Waals surface area contributed by atoms with Crippen molar-refractivity contribution in [2.45, 2.75) is 31.2 Å². The molecule has 0 aromatic heterocycles. The minimum absolute atomic E-state index is 0. The molecule has 0 radical (unpaired) electrons. The monoisotopic (exact) mass is 477 g/mol. The molecule has 2 heterocycles. The molecule has 146 valence electrons. The SMILES string of the molecule is COCC(C)NC(N)=NCC1(c2ccc3c(c2)OCO3)CCOCC1.I. The third-order valence-electron chi connectivity index (χ3n) is 4.80. The van der Waals surface area contributed by atoms with E-state index in [9.17, 15) is 0 Å². The number of rotatable bonds is 6. The van der Waals surface area contributed by atoms with Crippen LogP contribution in [0.1, 0.15) is 25.3 Å². The first kappa shape index (κ1) is 21.0. The van der Waals surface area contributed by atoms with Crippen LogP contribution in [0.5, 0.6) is 11.5 Å². The van der Waals surface area contributed by atoms with Crippen molar-refractivity contribution < 1.29 is 18.9 Å². The quantitative estimate of drug-likeness (QED) is 0.371. The van der Waals surface area contributed by atoms with Crippen LogP contribution in [-0.2, 0) is 14.9 Å². The number of hydrogen-bond acceptors (Lipinski definition) is 5. The first-order chi connectivity index (χ1) is 12.1. The van der Waals surface area contributed by atoms with E-state index in [1.165, 1.54) is 5.56 Å². The van der Waals surface area contributed by atoms with Gasteiger partial charge in [-0.1, -0.05) is 6.07 Å². The number of guanidine groups is 1. The minimum Gasteiger partial charge on any atom is -0.454 e. The highest BCUT2D eigenvalue weighted by molar-refractivity contribution is 14.0. The maximum absolute atomic E-state index is 6.06. The molecular formula is C18H28IN3O4. The van der Waals surface area contributed by atoms with E-state index in [0.29, 0.717) is 19.1 Å². The molecule has 2 aliphatic rings. The number of nitrogens with one attached hydrogen (secondary N) is 1. The highest BCUT2D eigenvalue weighted by atomic mass is 127. The largest absolute Gasteiger partial charge is 0.454 e. The number of halogens is 1. The second-order valence-corrected chi connectivity index (χ2v) is 6.66. The van der Waals surface area contributed by atoms with Gasteiger partial charge in [-0.2, -0.15) is 0 Å². The van der Waals surface area contributed by atoms with E-state index >= 15 is 0 Å². The van der Waals surface area contributed by atoms with Crippen molar-refractivity contribution in [3.8, 4) is 11.5 Å². The molecule has 1 aromatic carbocycles. The Morgan fingerprint density at radius 3 is 2.77 bits per heavy atom. The fourth-order valence-electron chi connectivity index (χ4n) is 3.35. The Balaban J connectivity index is 0.00000243. The van der Waals surface area contributed by atoms with Crippen LogP contribution >= 0.6 is 24.0 Å². The molecule has 2 aliphatic heterocycles. The number of hydrogen-bond donors (Lipinski definition) is 2. The summed E-state index contributed by atoms with van der Waals surface area (Å²) in [7, 11) is 1.67. The lowest BCUT2D eigenvalue weighted by Crippen LogP contribution is -2.43. The van der Waals surface area contributed by atoms with Crippen LogP contribution in [0.3, 0.4) is 0 Å². The average Bonchev–Trinajstić information content (AvgIpc) is 3.09. The fraction of sp³-hybridized carbons (Fsp3) is 0.611. The van der Waals surface area contributed by atoms with E-state index in [0.717, 1.165) is 37.6 Å². The fourth-order valence-corrected chi connectivity index (χ4v) is 3.35. The molecule has 26 heavy (non-hydrogen) atoms. The van der Waals surface area contributed by atoms with Gasteiger partial charge in [0.1, 0.15) is 0 Å². The third-order valence-corrected chi connectivity index (χ3v) is 4.80. The standard InChI is InChI=1S/C18H27N3O4.HI/c1-13(10-22-2)21-17(19)20-11-18(5-7-23-8-6-18)14-3-4-15-16(9-14)25-12-24-15;/h3-4,9,13H,5-8,10-12H2,1-2H3,(H3,19,20,21);1H. The summed E-state index contributed by atoms with van der Waals surface area (Å²) in [5.74, 6) is 2.03. The zero-order chi connectivity index (χ0) is 17.7. The molecule has 1 saturated heterocycles. The second-order valence-electron chi connectivity index (χ2n) is 6.66.